The van der Waals surface area contributed by atoms with Gasteiger partial charge in [-0.1, -0.05) is 6.07 Å². The third-order valence-electron chi connectivity index (χ3n) is 4.87. The number of hydrogen-bond donors (Lipinski definition) is 5. The van der Waals surface area contributed by atoms with Gasteiger partial charge in [-0.15, -0.1) is 16.5 Å². The maximum absolute atomic E-state index is 12.1. The van der Waals surface area contributed by atoms with Gasteiger partial charge in [0.25, 0.3) is 26.1 Å². The number of anilines is 2. The molecule has 4 rings (SSSR count). The van der Waals surface area contributed by atoms with Gasteiger partial charge in [-0.3, -0.25) is 13.9 Å². The number of nitrogens with one attached hydrogen (secondary N) is 1. The van der Waals surface area contributed by atoms with Crippen molar-refractivity contribution in [1.29, 1.82) is 0 Å². The largest absolute Gasteiger partial charge is 0.505 e. The van der Waals surface area contributed by atoms with Crippen LogP contribution in [0.1, 0.15) is 9.67 Å². The van der Waals surface area contributed by atoms with Crippen LogP contribution in [0.15, 0.2) is 80.0 Å². The Labute approximate surface area is 208 Å². The molecular formula is C21H16N4O8S3. The number of thiophene rings is 1. The lowest BCUT2D eigenvalue weighted by Crippen LogP contribution is -2.09. The standard InChI is InChI=1S/C21H16N4O8S3/c22-15-10-14(35(28,29)30)8-11-9-17(36(31,32)33)19(20(26)18(11)15)25-24-13-5-3-12(4-6-13)23-21(27)16-2-1-7-34-16/h1-10,26H,22H2,(H,23,27)(H,28,29,30)(H,31,32,33). The minimum atomic E-state index is -4.97. The van der Waals surface area contributed by atoms with Crippen LogP contribution in [-0.2, 0) is 20.2 Å². The van der Waals surface area contributed by atoms with Gasteiger partial charge in [0.05, 0.1) is 15.5 Å². The Morgan fingerprint density at radius 2 is 1.64 bits per heavy atom. The molecule has 0 aliphatic heterocycles. The predicted octanol–water partition coefficient (Wildman–Crippen LogP) is 4.35. The van der Waals surface area contributed by atoms with E-state index in [9.17, 15) is 35.8 Å². The van der Waals surface area contributed by atoms with Crippen molar-refractivity contribution in [2.75, 3.05) is 11.1 Å². The Morgan fingerprint density at radius 3 is 2.22 bits per heavy atom. The average Bonchev–Trinajstić information content (AvgIpc) is 3.33. The lowest BCUT2D eigenvalue weighted by molar-refractivity contribution is 0.103. The number of fused-ring (bicyclic) bond motifs is 1. The molecule has 0 bridgehead atoms. The van der Waals surface area contributed by atoms with Crippen LogP contribution < -0.4 is 11.1 Å². The predicted molar refractivity (Wildman–Crippen MR) is 133 cm³/mol. The van der Waals surface area contributed by atoms with E-state index in [-0.39, 0.29) is 28.1 Å². The molecule has 0 unspecified atom stereocenters. The second-order valence-electron chi connectivity index (χ2n) is 7.31. The van der Waals surface area contributed by atoms with Crippen molar-refractivity contribution in [3.05, 3.63) is 64.9 Å². The van der Waals surface area contributed by atoms with Gasteiger partial charge < -0.3 is 16.2 Å². The highest BCUT2D eigenvalue weighted by Gasteiger charge is 2.24. The number of amides is 1. The quantitative estimate of drug-likeness (QED) is 0.131. The average molecular weight is 549 g/mol. The molecule has 0 radical (unpaired) electrons. The fraction of sp³-hybridized carbons (Fsp3) is 0. The van der Waals surface area contributed by atoms with Gasteiger partial charge in [0, 0.05) is 16.8 Å². The summed E-state index contributed by atoms with van der Waals surface area (Å²) in [5, 5.41) is 22.4. The summed E-state index contributed by atoms with van der Waals surface area (Å²) in [6.45, 7) is 0. The molecule has 12 nitrogen and oxygen atoms in total. The number of benzene rings is 3. The fourth-order valence-corrected chi connectivity index (χ4v) is 5.08. The van der Waals surface area contributed by atoms with Crippen molar-refractivity contribution >= 4 is 71.0 Å². The Kier molecular flexibility index (Phi) is 6.50. The van der Waals surface area contributed by atoms with Crippen LogP contribution in [0.4, 0.5) is 22.7 Å². The van der Waals surface area contributed by atoms with Gasteiger partial charge in [-0.05, 0) is 59.3 Å². The van der Waals surface area contributed by atoms with Gasteiger partial charge in [-0.25, -0.2) is 0 Å². The van der Waals surface area contributed by atoms with Gasteiger partial charge in [0.2, 0.25) is 0 Å². The number of carbonyl (C=O) groups excluding carboxylic acids is 1. The molecule has 0 spiro atoms. The van der Waals surface area contributed by atoms with E-state index in [2.05, 4.69) is 15.5 Å². The van der Waals surface area contributed by atoms with Crippen LogP contribution >= 0.6 is 11.3 Å². The number of phenolic OH excluding ortho intramolecular Hbond substituents is 1. The van der Waals surface area contributed by atoms with Crippen LogP contribution in [0.2, 0.25) is 0 Å². The highest BCUT2D eigenvalue weighted by atomic mass is 32.2. The minimum absolute atomic E-state index is 0.171. The lowest BCUT2D eigenvalue weighted by Gasteiger charge is -2.12. The smallest absolute Gasteiger partial charge is 0.296 e. The summed E-state index contributed by atoms with van der Waals surface area (Å²) in [7, 11) is -9.67. The Hall–Kier alpha value is -3.89. The Bertz CT molecular complexity index is 1730. The first kappa shape index (κ1) is 25.2. The summed E-state index contributed by atoms with van der Waals surface area (Å²) in [6.07, 6.45) is 0. The molecule has 0 fully saturated rings. The normalized spacial score (nSPS) is 12.3. The Balaban J connectivity index is 1.73. The number of nitrogen functional groups attached to an aromatic ring is 1. The number of azo groups is 1. The monoisotopic (exact) mass is 548 g/mol. The van der Waals surface area contributed by atoms with Gasteiger partial charge in [-0.2, -0.15) is 21.9 Å². The number of phenols is 1. The summed E-state index contributed by atoms with van der Waals surface area (Å²) in [6, 6.07) is 12.0. The minimum Gasteiger partial charge on any atom is -0.505 e. The third-order valence-corrected chi connectivity index (χ3v) is 7.43. The molecule has 1 amide bonds. The number of hydrogen-bond acceptors (Lipinski definition) is 10. The molecule has 15 heteroatoms. The van der Waals surface area contributed by atoms with Crippen molar-refractivity contribution in [3.63, 3.8) is 0 Å². The zero-order valence-corrected chi connectivity index (χ0v) is 20.3. The number of nitrogens with two attached hydrogens (primary N) is 1. The van der Waals surface area contributed by atoms with Crippen molar-refractivity contribution in [3.8, 4) is 5.75 Å². The van der Waals surface area contributed by atoms with Crippen LogP contribution in [0.3, 0.4) is 0 Å². The summed E-state index contributed by atoms with van der Waals surface area (Å²) >= 11 is 1.28. The third kappa shape index (κ3) is 5.19. The van der Waals surface area contributed by atoms with Gasteiger partial charge in [0.1, 0.15) is 10.6 Å². The molecule has 0 atom stereocenters. The van der Waals surface area contributed by atoms with Crippen LogP contribution in [0.5, 0.6) is 5.75 Å². The second kappa shape index (κ2) is 9.29. The number of nitrogens with zero attached hydrogens (tertiary/aromatic N) is 2. The first-order valence-electron chi connectivity index (χ1n) is 9.75. The van der Waals surface area contributed by atoms with Crippen molar-refractivity contribution in [2.24, 2.45) is 10.2 Å². The molecule has 0 saturated carbocycles. The van der Waals surface area contributed by atoms with E-state index < -0.39 is 41.5 Å². The number of carbonyl (C=O) groups is 1. The molecular weight excluding hydrogens is 532 g/mol. The second-order valence-corrected chi connectivity index (χ2v) is 11.1. The molecule has 0 saturated heterocycles. The van der Waals surface area contributed by atoms with E-state index in [1.807, 2.05) is 0 Å². The van der Waals surface area contributed by atoms with Crippen LogP contribution in [-0.4, -0.2) is 37.0 Å². The van der Waals surface area contributed by atoms with E-state index in [4.69, 9.17) is 5.73 Å². The van der Waals surface area contributed by atoms with Gasteiger partial charge in [0.15, 0.2) is 5.75 Å². The topological polar surface area (TPSA) is 209 Å². The molecule has 36 heavy (non-hydrogen) atoms. The van der Waals surface area contributed by atoms with E-state index >= 15 is 0 Å². The van der Waals surface area contributed by atoms with Crippen LogP contribution in [0, 0.1) is 0 Å². The molecule has 1 aromatic heterocycles. The fourth-order valence-electron chi connectivity index (χ4n) is 3.25. The maximum atomic E-state index is 12.1. The summed E-state index contributed by atoms with van der Waals surface area (Å²) in [4.78, 5) is 11.1. The van der Waals surface area contributed by atoms with Crippen LogP contribution in [0.25, 0.3) is 10.8 Å². The highest BCUT2D eigenvalue weighted by molar-refractivity contribution is 7.86. The van der Waals surface area contributed by atoms with Gasteiger partial charge >= 0.3 is 0 Å². The first-order chi connectivity index (χ1) is 16.8. The molecule has 3 aromatic carbocycles. The van der Waals surface area contributed by atoms with E-state index in [1.165, 1.54) is 35.6 Å². The molecule has 0 aliphatic rings. The van der Waals surface area contributed by atoms with Crippen molar-refractivity contribution < 1.29 is 35.8 Å². The zero-order valence-electron chi connectivity index (χ0n) is 17.9. The number of aromatic hydroxyl groups is 1. The summed E-state index contributed by atoms with van der Waals surface area (Å²) in [5.74, 6) is -1.09. The molecule has 1 heterocycles. The highest BCUT2D eigenvalue weighted by Crippen LogP contribution is 2.44. The van der Waals surface area contributed by atoms with Crippen molar-refractivity contribution in [1.82, 2.24) is 0 Å². The lowest BCUT2D eigenvalue weighted by atomic mass is 10.1. The maximum Gasteiger partial charge on any atom is 0.296 e. The molecule has 4 aromatic rings. The SMILES string of the molecule is Nc1cc(S(=O)(=O)O)cc2cc(S(=O)(=O)O)c(N=Nc3ccc(NC(=O)c4cccs4)cc3)c(O)c12. The Morgan fingerprint density at radius 1 is 0.944 bits per heavy atom. The molecule has 186 valence electrons. The number of rotatable bonds is 6. The summed E-state index contributed by atoms with van der Waals surface area (Å²) < 4.78 is 65.9. The zero-order chi connectivity index (χ0) is 26.3. The molecule has 0 aliphatic carbocycles. The summed E-state index contributed by atoms with van der Waals surface area (Å²) in [5.41, 5.74) is 5.55. The van der Waals surface area contributed by atoms with Crippen molar-refractivity contribution in [2.45, 2.75) is 9.79 Å². The van der Waals surface area contributed by atoms with E-state index in [0.717, 1.165) is 18.2 Å². The van der Waals surface area contributed by atoms with E-state index in [0.29, 0.717) is 10.6 Å². The molecule has 6 N–H and O–H groups in total. The van der Waals surface area contributed by atoms with E-state index in [1.54, 1.807) is 17.5 Å². The first-order valence-corrected chi connectivity index (χ1v) is 13.5.